The Morgan fingerprint density at radius 2 is 1.47 bits per heavy atom. The summed E-state index contributed by atoms with van der Waals surface area (Å²) in [6, 6.07) is 9.98. The van der Waals surface area contributed by atoms with E-state index in [2.05, 4.69) is 0 Å². The standard InChI is InChI=1S/C15H20O2/c1-3-5-12-16-15(17-13-6-4-2)14-10-8-7-9-11-14/h3-11,15H,12-13H2,1-2H3/b5-3+,6-4+. The number of benzene rings is 1. The number of hydrogen-bond acceptors (Lipinski definition) is 2. The molecule has 0 N–H and O–H groups in total. The van der Waals surface area contributed by atoms with Crippen LogP contribution in [-0.2, 0) is 9.47 Å². The number of allylic oxidation sites excluding steroid dienone is 2. The minimum atomic E-state index is -0.302. The molecule has 0 atom stereocenters. The van der Waals surface area contributed by atoms with E-state index in [1.54, 1.807) is 0 Å². The van der Waals surface area contributed by atoms with Crippen LogP contribution in [0.15, 0.2) is 54.6 Å². The molecule has 0 aliphatic carbocycles. The molecule has 0 saturated carbocycles. The third-order valence-corrected chi connectivity index (χ3v) is 2.23. The van der Waals surface area contributed by atoms with Crippen molar-refractivity contribution in [1.29, 1.82) is 0 Å². The third kappa shape index (κ3) is 5.48. The zero-order valence-electron chi connectivity index (χ0n) is 10.5. The third-order valence-electron chi connectivity index (χ3n) is 2.23. The molecule has 1 aromatic rings. The molecule has 92 valence electrons. The van der Waals surface area contributed by atoms with Crippen molar-refractivity contribution >= 4 is 0 Å². The molecule has 0 aliphatic rings. The van der Waals surface area contributed by atoms with Crippen LogP contribution in [0.1, 0.15) is 25.7 Å². The molecule has 1 rings (SSSR count). The van der Waals surface area contributed by atoms with Crippen LogP contribution >= 0.6 is 0 Å². The van der Waals surface area contributed by atoms with Gasteiger partial charge in [-0.05, 0) is 13.8 Å². The summed E-state index contributed by atoms with van der Waals surface area (Å²) in [6.07, 6.45) is 7.56. The predicted molar refractivity (Wildman–Crippen MR) is 70.7 cm³/mol. The number of hydrogen-bond donors (Lipinski definition) is 0. The van der Waals surface area contributed by atoms with Crippen molar-refractivity contribution in [2.45, 2.75) is 20.1 Å². The van der Waals surface area contributed by atoms with Crippen molar-refractivity contribution in [1.82, 2.24) is 0 Å². The lowest BCUT2D eigenvalue weighted by Crippen LogP contribution is -2.09. The van der Waals surface area contributed by atoms with Gasteiger partial charge in [-0.25, -0.2) is 0 Å². The normalized spacial score (nSPS) is 11.9. The lowest BCUT2D eigenvalue weighted by molar-refractivity contribution is -0.131. The Hall–Kier alpha value is -1.38. The monoisotopic (exact) mass is 232 g/mol. The van der Waals surface area contributed by atoms with Crippen LogP contribution in [0.25, 0.3) is 0 Å². The first-order chi connectivity index (χ1) is 8.38. The topological polar surface area (TPSA) is 18.5 Å². The summed E-state index contributed by atoms with van der Waals surface area (Å²) in [6.45, 7) is 5.07. The van der Waals surface area contributed by atoms with Crippen LogP contribution in [0.3, 0.4) is 0 Å². The smallest absolute Gasteiger partial charge is 0.184 e. The summed E-state index contributed by atoms with van der Waals surface area (Å²) < 4.78 is 11.3. The Morgan fingerprint density at radius 1 is 0.941 bits per heavy atom. The molecule has 0 fully saturated rings. The van der Waals surface area contributed by atoms with E-state index in [-0.39, 0.29) is 6.29 Å². The SMILES string of the molecule is C/C=C/COC(OC/C=C/C)c1ccccc1. The summed E-state index contributed by atoms with van der Waals surface area (Å²) in [5.41, 5.74) is 1.04. The Balaban J connectivity index is 2.58. The summed E-state index contributed by atoms with van der Waals surface area (Å²) in [5.74, 6) is 0. The van der Waals surface area contributed by atoms with E-state index >= 15 is 0 Å². The molecule has 2 heteroatoms. The Bertz CT molecular complexity index is 325. The number of rotatable bonds is 7. The molecule has 0 aliphatic heterocycles. The van der Waals surface area contributed by atoms with Gasteiger partial charge in [-0.3, -0.25) is 0 Å². The highest BCUT2D eigenvalue weighted by Crippen LogP contribution is 2.18. The summed E-state index contributed by atoms with van der Waals surface area (Å²) >= 11 is 0. The van der Waals surface area contributed by atoms with Crippen molar-refractivity contribution < 1.29 is 9.47 Å². The van der Waals surface area contributed by atoms with Crippen LogP contribution < -0.4 is 0 Å². The van der Waals surface area contributed by atoms with E-state index in [1.807, 2.05) is 68.5 Å². The van der Waals surface area contributed by atoms with Gasteiger partial charge in [-0.2, -0.15) is 0 Å². The average molecular weight is 232 g/mol. The van der Waals surface area contributed by atoms with Gasteiger partial charge in [0.25, 0.3) is 0 Å². The molecular formula is C15H20O2. The second kappa shape index (κ2) is 8.74. The van der Waals surface area contributed by atoms with Crippen molar-refractivity contribution in [2.24, 2.45) is 0 Å². The van der Waals surface area contributed by atoms with Gasteiger partial charge in [-0.1, -0.05) is 54.6 Å². The molecule has 0 radical (unpaired) electrons. The van der Waals surface area contributed by atoms with Gasteiger partial charge in [0.15, 0.2) is 6.29 Å². The van der Waals surface area contributed by atoms with Gasteiger partial charge in [-0.15, -0.1) is 0 Å². The van der Waals surface area contributed by atoms with E-state index in [9.17, 15) is 0 Å². The van der Waals surface area contributed by atoms with E-state index in [0.717, 1.165) is 5.56 Å². The van der Waals surface area contributed by atoms with Gasteiger partial charge in [0.1, 0.15) is 0 Å². The fraction of sp³-hybridized carbons (Fsp3) is 0.333. The Kier molecular flexibility index (Phi) is 7.03. The van der Waals surface area contributed by atoms with E-state index in [0.29, 0.717) is 13.2 Å². The molecule has 0 bridgehead atoms. The van der Waals surface area contributed by atoms with Crippen LogP contribution in [0.2, 0.25) is 0 Å². The molecular weight excluding hydrogens is 212 g/mol. The summed E-state index contributed by atoms with van der Waals surface area (Å²) in [7, 11) is 0. The molecule has 17 heavy (non-hydrogen) atoms. The van der Waals surface area contributed by atoms with Gasteiger partial charge >= 0.3 is 0 Å². The van der Waals surface area contributed by atoms with E-state index in [1.165, 1.54) is 0 Å². The van der Waals surface area contributed by atoms with Crippen LogP contribution in [0.4, 0.5) is 0 Å². The van der Waals surface area contributed by atoms with Crippen molar-refractivity contribution in [2.75, 3.05) is 13.2 Å². The van der Waals surface area contributed by atoms with Gasteiger partial charge < -0.3 is 9.47 Å². The molecule has 2 nitrogen and oxygen atoms in total. The second-order valence-electron chi connectivity index (χ2n) is 3.55. The Labute approximate surface area is 104 Å². The second-order valence-corrected chi connectivity index (χ2v) is 3.55. The van der Waals surface area contributed by atoms with E-state index < -0.39 is 0 Å². The maximum atomic E-state index is 5.67. The summed E-state index contributed by atoms with van der Waals surface area (Å²) in [5, 5.41) is 0. The lowest BCUT2D eigenvalue weighted by Gasteiger charge is -2.17. The molecule has 0 spiro atoms. The highest BCUT2D eigenvalue weighted by molar-refractivity contribution is 5.16. The van der Waals surface area contributed by atoms with Crippen LogP contribution in [0.5, 0.6) is 0 Å². The quantitative estimate of drug-likeness (QED) is 0.525. The minimum absolute atomic E-state index is 0.302. The fourth-order valence-electron chi connectivity index (χ4n) is 1.33. The predicted octanol–water partition coefficient (Wildman–Crippen LogP) is 3.87. The Morgan fingerprint density at radius 3 is 1.94 bits per heavy atom. The molecule has 0 heterocycles. The highest BCUT2D eigenvalue weighted by Gasteiger charge is 2.10. The molecule has 0 saturated heterocycles. The maximum absolute atomic E-state index is 5.67. The number of ether oxygens (including phenoxy) is 2. The van der Waals surface area contributed by atoms with Gasteiger partial charge in [0, 0.05) is 5.56 Å². The molecule has 0 amide bonds. The highest BCUT2D eigenvalue weighted by atomic mass is 16.7. The van der Waals surface area contributed by atoms with Crippen LogP contribution in [0, 0.1) is 0 Å². The molecule has 1 aromatic carbocycles. The summed E-state index contributed by atoms with van der Waals surface area (Å²) in [4.78, 5) is 0. The first-order valence-electron chi connectivity index (χ1n) is 5.89. The van der Waals surface area contributed by atoms with Crippen molar-refractivity contribution in [3.8, 4) is 0 Å². The first kappa shape index (κ1) is 13.7. The maximum Gasteiger partial charge on any atom is 0.184 e. The van der Waals surface area contributed by atoms with Gasteiger partial charge in [0.05, 0.1) is 13.2 Å². The van der Waals surface area contributed by atoms with Crippen molar-refractivity contribution in [3.05, 3.63) is 60.2 Å². The minimum Gasteiger partial charge on any atom is -0.344 e. The lowest BCUT2D eigenvalue weighted by atomic mass is 10.2. The van der Waals surface area contributed by atoms with Gasteiger partial charge in [0.2, 0.25) is 0 Å². The zero-order valence-corrected chi connectivity index (χ0v) is 10.5. The zero-order chi connectivity index (χ0) is 12.3. The molecule has 0 unspecified atom stereocenters. The first-order valence-corrected chi connectivity index (χ1v) is 5.89. The van der Waals surface area contributed by atoms with Crippen LogP contribution in [-0.4, -0.2) is 13.2 Å². The van der Waals surface area contributed by atoms with Crippen molar-refractivity contribution in [3.63, 3.8) is 0 Å². The fourth-order valence-corrected chi connectivity index (χ4v) is 1.33. The largest absolute Gasteiger partial charge is 0.344 e. The van der Waals surface area contributed by atoms with E-state index in [4.69, 9.17) is 9.47 Å². The average Bonchev–Trinajstić information content (AvgIpc) is 2.38. The molecule has 0 aromatic heterocycles.